The summed E-state index contributed by atoms with van der Waals surface area (Å²) >= 11 is 0. The fourth-order valence-electron chi connectivity index (χ4n) is 4.19. The normalized spacial score (nSPS) is 27.3. The summed E-state index contributed by atoms with van der Waals surface area (Å²) in [5.41, 5.74) is 2.32. The molecule has 0 spiro atoms. The Morgan fingerprint density at radius 2 is 2.00 bits per heavy atom. The van der Waals surface area contributed by atoms with Crippen LogP contribution in [0.25, 0.3) is 0 Å². The van der Waals surface area contributed by atoms with Crippen LogP contribution in [0.1, 0.15) is 63.5 Å². The van der Waals surface area contributed by atoms with Crippen molar-refractivity contribution in [3.05, 3.63) is 29.3 Å². The van der Waals surface area contributed by atoms with Gasteiger partial charge in [-0.05, 0) is 68.1 Å². The summed E-state index contributed by atoms with van der Waals surface area (Å²) in [6.45, 7) is 8.21. The van der Waals surface area contributed by atoms with Crippen LogP contribution in [0.3, 0.4) is 0 Å². The van der Waals surface area contributed by atoms with Gasteiger partial charge in [0.15, 0.2) is 6.10 Å². The number of hydrogen-bond donors (Lipinski definition) is 1. The summed E-state index contributed by atoms with van der Waals surface area (Å²) in [5, 5.41) is 3.23. The third-order valence-electron chi connectivity index (χ3n) is 5.53. The van der Waals surface area contributed by atoms with Gasteiger partial charge in [0.1, 0.15) is 5.75 Å². The summed E-state index contributed by atoms with van der Waals surface area (Å²) in [5.74, 6) is 2.79. The lowest BCUT2D eigenvalue weighted by atomic mass is 9.95. The maximum Gasteiger partial charge on any atom is 0.261 e. The van der Waals surface area contributed by atoms with Crippen molar-refractivity contribution in [2.45, 2.75) is 71.4 Å². The fourth-order valence-corrected chi connectivity index (χ4v) is 4.19. The highest BCUT2D eigenvalue weighted by atomic mass is 16.5. The van der Waals surface area contributed by atoms with Crippen molar-refractivity contribution in [3.8, 4) is 5.75 Å². The van der Waals surface area contributed by atoms with E-state index in [0.29, 0.717) is 17.9 Å². The molecule has 1 N–H and O–H groups in total. The Hall–Kier alpha value is -1.51. The van der Waals surface area contributed by atoms with Gasteiger partial charge in [0, 0.05) is 6.04 Å². The molecular weight excluding hydrogens is 286 g/mol. The molecule has 0 aliphatic heterocycles. The minimum absolute atomic E-state index is 0.0266. The minimum atomic E-state index is -0.451. The van der Waals surface area contributed by atoms with Gasteiger partial charge in [-0.3, -0.25) is 4.79 Å². The van der Waals surface area contributed by atoms with Crippen LogP contribution in [0.4, 0.5) is 0 Å². The first-order chi connectivity index (χ1) is 10.9. The summed E-state index contributed by atoms with van der Waals surface area (Å²) in [7, 11) is 0. The molecule has 1 aromatic rings. The predicted octanol–water partition coefficient (Wildman–Crippen LogP) is 4.19. The van der Waals surface area contributed by atoms with Crippen LogP contribution in [0.2, 0.25) is 0 Å². The smallest absolute Gasteiger partial charge is 0.261 e. The van der Waals surface area contributed by atoms with E-state index in [0.717, 1.165) is 29.2 Å². The molecule has 3 heteroatoms. The second-order valence-electron chi connectivity index (χ2n) is 7.75. The monoisotopic (exact) mass is 315 g/mol. The Labute approximate surface area is 139 Å². The van der Waals surface area contributed by atoms with Gasteiger partial charge in [0.25, 0.3) is 5.91 Å². The van der Waals surface area contributed by atoms with E-state index in [1.54, 1.807) is 0 Å². The average molecular weight is 315 g/mol. The van der Waals surface area contributed by atoms with Gasteiger partial charge in [0.05, 0.1) is 0 Å². The lowest BCUT2D eigenvalue weighted by molar-refractivity contribution is -0.128. The fraction of sp³-hybridized carbons (Fsp3) is 0.650. The number of amides is 1. The number of hydrogen-bond acceptors (Lipinski definition) is 2. The van der Waals surface area contributed by atoms with Gasteiger partial charge in [0.2, 0.25) is 0 Å². The van der Waals surface area contributed by atoms with Crippen molar-refractivity contribution >= 4 is 5.91 Å². The number of ether oxygens (including phenoxy) is 1. The topological polar surface area (TPSA) is 38.3 Å². The largest absolute Gasteiger partial charge is 0.481 e. The van der Waals surface area contributed by atoms with Gasteiger partial charge in [-0.1, -0.05) is 32.4 Å². The molecule has 3 rings (SSSR count). The second kappa shape index (κ2) is 6.54. The molecule has 0 unspecified atom stereocenters. The number of rotatable bonds is 5. The molecule has 126 valence electrons. The number of nitrogens with one attached hydrogen (secondary N) is 1. The first-order valence-corrected chi connectivity index (χ1v) is 9.01. The Bertz CT molecular complexity index is 581. The van der Waals surface area contributed by atoms with E-state index in [2.05, 4.69) is 38.2 Å². The minimum Gasteiger partial charge on any atom is -0.481 e. The summed E-state index contributed by atoms with van der Waals surface area (Å²) < 4.78 is 6.03. The maximum absolute atomic E-state index is 12.5. The maximum atomic E-state index is 12.5. The van der Waals surface area contributed by atoms with E-state index in [9.17, 15) is 4.79 Å². The number of benzene rings is 1. The van der Waals surface area contributed by atoms with Gasteiger partial charge in [-0.2, -0.15) is 0 Å². The molecule has 4 atom stereocenters. The summed E-state index contributed by atoms with van der Waals surface area (Å²) in [6.07, 6.45) is 4.64. The Morgan fingerprint density at radius 1 is 1.22 bits per heavy atom. The quantitative estimate of drug-likeness (QED) is 0.885. The van der Waals surface area contributed by atoms with Crippen molar-refractivity contribution in [1.29, 1.82) is 0 Å². The third-order valence-corrected chi connectivity index (χ3v) is 5.53. The van der Waals surface area contributed by atoms with Crippen molar-refractivity contribution in [2.24, 2.45) is 11.8 Å². The van der Waals surface area contributed by atoms with E-state index in [4.69, 9.17) is 4.74 Å². The van der Waals surface area contributed by atoms with Crippen LogP contribution in [0, 0.1) is 18.8 Å². The Morgan fingerprint density at radius 3 is 2.61 bits per heavy atom. The first kappa shape index (κ1) is 16.4. The molecule has 2 saturated carbocycles. The van der Waals surface area contributed by atoms with Gasteiger partial charge in [-0.15, -0.1) is 0 Å². The van der Waals surface area contributed by atoms with Crippen LogP contribution in [0.5, 0.6) is 5.75 Å². The van der Waals surface area contributed by atoms with E-state index in [1.807, 2.05) is 13.0 Å². The third kappa shape index (κ3) is 3.54. The van der Waals surface area contributed by atoms with Crippen LogP contribution >= 0.6 is 0 Å². The summed E-state index contributed by atoms with van der Waals surface area (Å²) in [4.78, 5) is 12.5. The van der Waals surface area contributed by atoms with Crippen LogP contribution in [-0.2, 0) is 4.79 Å². The molecule has 0 radical (unpaired) electrons. The zero-order chi connectivity index (χ0) is 16.6. The molecule has 0 aromatic heterocycles. The van der Waals surface area contributed by atoms with Crippen molar-refractivity contribution in [1.82, 2.24) is 5.32 Å². The second-order valence-corrected chi connectivity index (χ2v) is 7.75. The first-order valence-electron chi connectivity index (χ1n) is 9.01. The molecule has 2 aliphatic rings. The molecule has 1 aromatic carbocycles. The Kier molecular flexibility index (Phi) is 4.65. The molecule has 1 amide bonds. The van der Waals surface area contributed by atoms with Crippen molar-refractivity contribution < 1.29 is 9.53 Å². The van der Waals surface area contributed by atoms with Gasteiger partial charge in [-0.25, -0.2) is 0 Å². The average Bonchev–Trinajstić information content (AvgIpc) is 3.09. The zero-order valence-corrected chi connectivity index (χ0v) is 14.8. The van der Waals surface area contributed by atoms with Crippen molar-refractivity contribution in [2.75, 3.05) is 0 Å². The number of fused-ring (bicyclic) bond motifs is 2. The van der Waals surface area contributed by atoms with Crippen molar-refractivity contribution in [3.63, 3.8) is 0 Å². The molecular formula is C20H29NO2. The number of carbonyl (C=O) groups excluding carboxylic acids is 1. The van der Waals surface area contributed by atoms with Crippen LogP contribution in [0.15, 0.2) is 18.2 Å². The van der Waals surface area contributed by atoms with E-state index >= 15 is 0 Å². The van der Waals surface area contributed by atoms with Crippen LogP contribution in [-0.4, -0.2) is 18.1 Å². The van der Waals surface area contributed by atoms with E-state index in [-0.39, 0.29) is 5.91 Å². The number of carbonyl (C=O) groups is 1. The Balaban J connectivity index is 1.63. The molecule has 23 heavy (non-hydrogen) atoms. The molecule has 3 nitrogen and oxygen atoms in total. The number of aryl methyl sites for hydroxylation is 1. The molecule has 0 saturated heterocycles. The van der Waals surface area contributed by atoms with Gasteiger partial charge < -0.3 is 10.1 Å². The molecule has 2 fully saturated rings. The van der Waals surface area contributed by atoms with E-state index in [1.165, 1.54) is 19.3 Å². The lowest BCUT2D eigenvalue weighted by Crippen LogP contribution is -2.44. The molecule has 0 heterocycles. The highest BCUT2D eigenvalue weighted by molar-refractivity contribution is 5.81. The highest BCUT2D eigenvalue weighted by Crippen LogP contribution is 2.44. The predicted molar refractivity (Wildman–Crippen MR) is 92.7 cm³/mol. The van der Waals surface area contributed by atoms with Gasteiger partial charge >= 0.3 is 0 Å². The van der Waals surface area contributed by atoms with Crippen LogP contribution < -0.4 is 10.1 Å². The SMILES string of the molecule is Cc1ccc(C(C)C)c(O[C@H](C)C(=O)N[C@H]2C[C@@H]3CC[C@@H]2C3)c1. The standard InChI is InChI=1S/C20H29NO2/c1-12(2)17-8-5-13(3)9-19(17)23-14(4)20(22)21-18-11-15-6-7-16(18)10-15/h5,8-9,12,14-16,18H,6-7,10-11H2,1-4H3,(H,21,22)/t14-,15-,16-,18+/m1/s1. The zero-order valence-electron chi connectivity index (χ0n) is 14.8. The lowest BCUT2D eigenvalue weighted by Gasteiger charge is -2.25. The molecule has 2 aliphatic carbocycles. The highest BCUT2D eigenvalue weighted by Gasteiger charge is 2.40. The van der Waals surface area contributed by atoms with E-state index < -0.39 is 6.10 Å². The molecule has 2 bridgehead atoms. The summed E-state index contributed by atoms with van der Waals surface area (Å²) in [6, 6.07) is 6.61.